The summed E-state index contributed by atoms with van der Waals surface area (Å²) < 4.78 is 0.714. The Hall–Kier alpha value is -1.82. The van der Waals surface area contributed by atoms with E-state index in [2.05, 4.69) is 25.9 Å². The van der Waals surface area contributed by atoms with Crippen LogP contribution >= 0.6 is 15.9 Å². The predicted molar refractivity (Wildman–Crippen MR) is 73.8 cm³/mol. The molecule has 19 heavy (non-hydrogen) atoms. The number of nitro groups is 1. The summed E-state index contributed by atoms with van der Waals surface area (Å²) in [7, 11) is 0. The molecule has 0 radical (unpaired) electrons. The third kappa shape index (κ3) is 2.63. The number of benzene rings is 1. The molecule has 1 saturated carbocycles. The van der Waals surface area contributed by atoms with Gasteiger partial charge in [-0.2, -0.15) is 0 Å². The van der Waals surface area contributed by atoms with Gasteiger partial charge in [-0.3, -0.25) is 10.1 Å². The molecule has 0 N–H and O–H groups in total. The van der Waals surface area contributed by atoms with Gasteiger partial charge < -0.3 is 0 Å². The maximum Gasteiger partial charge on any atom is 0.270 e. The SMILES string of the molecule is O=[N+]([O-])c1cccc(-c2cc(Br)nc(C3CC3)n2)c1. The highest BCUT2D eigenvalue weighted by Crippen LogP contribution is 2.39. The van der Waals surface area contributed by atoms with Crippen LogP contribution < -0.4 is 0 Å². The van der Waals surface area contributed by atoms with Gasteiger partial charge in [0, 0.05) is 23.6 Å². The molecular formula is C13H10BrN3O2. The summed E-state index contributed by atoms with van der Waals surface area (Å²) >= 11 is 3.37. The highest BCUT2D eigenvalue weighted by Gasteiger charge is 2.27. The zero-order chi connectivity index (χ0) is 13.4. The summed E-state index contributed by atoms with van der Waals surface area (Å²) in [6.45, 7) is 0. The molecular weight excluding hydrogens is 310 g/mol. The molecule has 1 fully saturated rings. The number of hydrogen-bond acceptors (Lipinski definition) is 4. The fraction of sp³-hybridized carbons (Fsp3) is 0.231. The summed E-state index contributed by atoms with van der Waals surface area (Å²) in [6, 6.07) is 8.27. The summed E-state index contributed by atoms with van der Waals surface area (Å²) in [5.74, 6) is 1.26. The van der Waals surface area contributed by atoms with Gasteiger partial charge in [0.05, 0.1) is 10.6 Å². The van der Waals surface area contributed by atoms with Crippen LogP contribution in [0.4, 0.5) is 5.69 Å². The van der Waals surface area contributed by atoms with Crippen molar-refractivity contribution in [3.8, 4) is 11.3 Å². The fourth-order valence-corrected chi connectivity index (χ4v) is 2.28. The molecule has 0 aliphatic heterocycles. The van der Waals surface area contributed by atoms with Crippen LogP contribution in [0.25, 0.3) is 11.3 Å². The molecule has 1 aromatic heterocycles. The Morgan fingerprint density at radius 1 is 1.26 bits per heavy atom. The molecule has 1 aromatic carbocycles. The van der Waals surface area contributed by atoms with E-state index in [1.165, 1.54) is 12.1 Å². The van der Waals surface area contributed by atoms with Crippen LogP contribution in [0.5, 0.6) is 0 Å². The average Bonchev–Trinajstić information content (AvgIpc) is 3.22. The number of hydrogen-bond donors (Lipinski definition) is 0. The monoisotopic (exact) mass is 319 g/mol. The van der Waals surface area contributed by atoms with Gasteiger partial charge in [-0.25, -0.2) is 9.97 Å². The lowest BCUT2D eigenvalue weighted by molar-refractivity contribution is -0.384. The number of nitro benzene ring substituents is 1. The van der Waals surface area contributed by atoms with Crippen molar-refractivity contribution < 1.29 is 4.92 Å². The zero-order valence-electron chi connectivity index (χ0n) is 9.91. The Morgan fingerprint density at radius 2 is 2.05 bits per heavy atom. The minimum Gasteiger partial charge on any atom is -0.258 e. The smallest absolute Gasteiger partial charge is 0.258 e. The van der Waals surface area contributed by atoms with Crippen molar-refractivity contribution in [3.05, 3.63) is 50.9 Å². The molecule has 1 heterocycles. The highest BCUT2D eigenvalue weighted by atomic mass is 79.9. The summed E-state index contributed by atoms with van der Waals surface area (Å²) in [6.07, 6.45) is 2.23. The van der Waals surface area contributed by atoms with Crippen LogP contribution in [-0.4, -0.2) is 14.9 Å². The molecule has 1 aliphatic carbocycles. The van der Waals surface area contributed by atoms with E-state index in [4.69, 9.17) is 0 Å². The summed E-state index contributed by atoms with van der Waals surface area (Å²) in [5, 5.41) is 10.8. The lowest BCUT2D eigenvalue weighted by Crippen LogP contribution is -1.96. The number of rotatable bonds is 3. The quantitative estimate of drug-likeness (QED) is 0.491. The maximum atomic E-state index is 10.8. The molecule has 0 bridgehead atoms. The van der Waals surface area contributed by atoms with E-state index in [0.29, 0.717) is 16.2 Å². The Balaban J connectivity index is 2.05. The van der Waals surface area contributed by atoms with Crippen LogP contribution in [0.1, 0.15) is 24.6 Å². The molecule has 0 atom stereocenters. The van der Waals surface area contributed by atoms with E-state index in [1.54, 1.807) is 12.1 Å². The van der Waals surface area contributed by atoms with Crippen molar-refractivity contribution in [2.75, 3.05) is 0 Å². The average molecular weight is 320 g/mol. The van der Waals surface area contributed by atoms with Crippen LogP contribution in [0.15, 0.2) is 34.9 Å². The lowest BCUT2D eigenvalue weighted by atomic mass is 10.1. The second-order valence-corrected chi connectivity index (χ2v) is 5.33. The van der Waals surface area contributed by atoms with Gasteiger partial charge in [0.2, 0.25) is 0 Å². The Labute approximate surface area is 118 Å². The van der Waals surface area contributed by atoms with E-state index in [-0.39, 0.29) is 5.69 Å². The van der Waals surface area contributed by atoms with E-state index in [9.17, 15) is 10.1 Å². The Kier molecular flexibility index (Phi) is 3.02. The van der Waals surface area contributed by atoms with Crippen LogP contribution in [0.3, 0.4) is 0 Å². The standard InChI is InChI=1S/C13H10BrN3O2/c14-12-7-11(15-13(16-12)8-4-5-8)9-2-1-3-10(6-9)17(18)19/h1-3,6-8H,4-5H2. The third-order valence-electron chi connectivity index (χ3n) is 3.01. The second-order valence-electron chi connectivity index (χ2n) is 4.52. The van der Waals surface area contributed by atoms with E-state index >= 15 is 0 Å². The highest BCUT2D eigenvalue weighted by molar-refractivity contribution is 9.10. The Bertz CT molecular complexity index is 656. The normalized spacial score (nSPS) is 14.4. The van der Waals surface area contributed by atoms with E-state index in [0.717, 1.165) is 24.2 Å². The van der Waals surface area contributed by atoms with Crippen molar-refractivity contribution in [2.45, 2.75) is 18.8 Å². The van der Waals surface area contributed by atoms with Crippen molar-refractivity contribution in [2.24, 2.45) is 0 Å². The first-order valence-corrected chi connectivity index (χ1v) is 6.72. The van der Waals surface area contributed by atoms with Gasteiger partial charge in [-0.1, -0.05) is 12.1 Å². The number of nitrogens with zero attached hydrogens (tertiary/aromatic N) is 3. The Morgan fingerprint density at radius 3 is 2.74 bits per heavy atom. The molecule has 6 heteroatoms. The van der Waals surface area contributed by atoms with Gasteiger partial charge in [0.1, 0.15) is 10.4 Å². The van der Waals surface area contributed by atoms with Gasteiger partial charge in [-0.05, 0) is 34.8 Å². The molecule has 2 aromatic rings. The summed E-state index contributed by atoms with van der Waals surface area (Å²) in [4.78, 5) is 19.3. The molecule has 0 amide bonds. The van der Waals surface area contributed by atoms with E-state index in [1.807, 2.05) is 6.07 Å². The first-order valence-electron chi connectivity index (χ1n) is 5.93. The van der Waals surface area contributed by atoms with Gasteiger partial charge in [0.25, 0.3) is 5.69 Å². The fourth-order valence-electron chi connectivity index (χ4n) is 1.89. The molecule has 0 unspecified atom stereocenters. The maximum absolute atomic E-state index is 10.8. The van der Waals surface area contributed by atoms with Crippen molar-refractivity contribution >= 4 is 21.6 Å². The largest absolute Gasteiger partial charge is 0.270 e. The van der Waals surface area contributed by atoms with Crippen molar-refractivity contribution in [1.82, 2.24) is 9.97 Å². The minimum atomic E-state index is -0.401. The molecule has 0 saturated heterocycles. The van der Waals surface area contributed by atoms with Crippen molar-refractivity contribution in [3.63, 3.8) is 0 Å². The number of aromatic nitrogens is 2. The molecule has 96 valence electrons. The topological polar surface area (TPSA) is 68.9 Å². The lowest BCUT2D eigenvalue weighted by Gasteiger charge is -2.04. The van der Waals surface area contributed by atoms with Crippen LogP contribution in [-0.2, 0) is 0 Å². The first-order chi connectivity index (χ1) is 9.13. The third-order valence-corrected chi connectivity index (χ3v) is 3.41. The number of non-ortho nitro benzene ring substituents is 1. The van der Waals surface area contributed by atoms with Crippen LogP contribution in [0.2, 0.25) is 0 Å². The predicted octanol–water partition coefficient (Wildman–Crippen LogP) is 3.69. The molecule has 0 spiro atoms. The van der Waals surface area contributed by atoms with Gasteiger partial charge in [-0.15, -0.1) is 0 Å². The van der Waals surface area contributed by atoms with Crippen molar-refractivity contribution in [1.29, 1.82) is 0 Å². The minimum absolute atomic E-state index is 0.0696. The van der Waals surface area contributed by atoms with E-state index < -0.39 is 4.92 Å². The summed E-state index contributed by atoms with van der Waals surface area (Å²) in [5.41, 5.74) is 1.52. The van der Waals surface area contributed by atoms with Gasteiger partial charge >= 0.3 is 0 Å². The molecule has 5 nitrogen and oxygen atoms in total. The zero-order valence-corrected chi connectivity index (χ0v) is 11.5. The second kappa shape index (κ2) is 4.70. The molecule has 3 rings (SSSR count). The number of halogens is 1. The molecule has 1 aliphatic rings. The van der Waals surface area contributed by atoms with Crippen LogP contribution in [0, 0.1) is 10.1 Å². The first kappa shape index (κ1) is 12.2. The van der Waals surface area contributed by atoms with Gasteiger partial charge in [0.15, 0.2) is 0 Å².